The lowest BCUT2D eigenvalue weighted by Gasteiger charge is -2.15. The van der Waals surface area contributed by atoms with Crippen molar-refractivity contribution in [2.45, 2.75) is 25.4 Å². The molecule has 3 rings (SSSR count). The Balaban J connectivity index is 1.76. The number of methoxy groups -OCH3 is 1. The van der Waals surface area contributed by atoms with Crippen molar-refractivity contribution in [3.8, 4) is 0 Å². The molecule has 0 saturated carbocycles. The summed E-state index contributed by atoms with van der Waals surface area (Å²) in [6.45, 7) is 0.450. The molecule has 1 aromatic heterocycles. The fraction of sp³-hybridized carbons (Fsp3) is 0.294. The van der Waals surface area contributed by atoms with Gasteiger partial charge in [0.15, 0.2) is 0 Å². The Kier molecular flexibility index (Phi) is 4.16. The number of hydrogen-bond donors (Lipinski definition) is 2. The van der Waals surface area contributed by atoms with E-state index in [2.05, 4.69) is 5.32 Å². The molecule has 120 valence electrons. The number of rotatable bonds is 4. The number of ether oxygens (including phenoxy) is 1. The second-order valence-electron chi connectivity index (χ2n) is 5.53. The molecule has 0 amide bonds. The van der Waals surface area contributed by atoms with Gasteiger partial charge in [-0.15, -0.1) is 0 Å². The molecule has 0 bridgehead atoms. The third kappa shape index (κ3) is 2.98. The smallest absolute Gasteiger partial charge is 0.415 e. The van der Waals surface area contributed by atoms with Crippen molar-refractivity contribution in [3.05, 3.63) is 58.9 Å². The monoisotopic (exact) mass is 314 g/mol. The minimum atomic E-state index is -0.994. The number of nitrogens with zero attached hydrogens (tertiary/aromatic N) is 1. The molecule has 1 aromatic carbocycles. The van der Waals surface area contributed by atoms with Crippen molar-refractivity contribution in [2.75, 3.05) is 7.11 Å². The van der Waals surface area contributed by atoms with Gasteiger partial charge in [0.1, 0.15) is 0 Å². The Hall–Kier alpha value is -2.60. The highest BCUT2D eigenvalue weighted by Crippen LogP contribution is 2.32. The number of carbonyl (C=O) groups excluding carboxylic acids is 1. The van der Waals surface area contributed by atoms with Crippen molar-refractivity contribution in [1.82, 2.24) is 9.88 Å². The number of hydrogen-bond acceptors (Lipinski definition) is 4. The van der Waals surface area contributed by atoms with E-state index < -0.39 is 6.09 Å². The van der Waals surface area contributed by atoms with Gasteiger partial charge >= 0.3 is 12.1 Å². The lowest BCUT2D eigenvalue weighted by Crippen LogP contribution is -2.22. The molecule has 0 fully saturated rings. The highest BCUT2D eigenvalue weighted by atomic mass is 16.5. The zero-order valence-electron chi connectivity index (χ0n) is 12.8. The SMILES string of the molecule is COC(=O)c1ccc2c(c1)C(NCc1cccn1C(=O)O)CC2. The van der Waals surface area contributed by atoms with Crippen molar-refractivity contribution in [1.29, 1.82) is 0 Å². The van der Waals surface area contributed by atoms with Gasteiger partial charge in [0.05, 0.1) is 12.7 Å². The van der Waals surface area contributed by atoms with Crippen LogP contribution in [-0.2, 0) is 17.7 Å². The van der Waals surface area contributed by atoms with E-state index >= 15 is 0 Å². The van der Waals surface area contributed by atoms with Gasteiger partial charge in [-0.3, -0.25) is 4.57 Å². The summed E-state index contributed by atoms with van der Waals surface area (Å²) in [5.41, 5.74) is 3.52. The van der Waals surface area contributed by atoms with E-state index in [0.717, 1.165) is 18.4 Å². The summed E-state index contributed by atoms with van der Waals surface area (Å²) in [7, 11) is 1.37. The van der Waals surface area contributed by atoms with Crippen molar-refractivity contribution in [3.63, 3.8) is 0 Å². The Labute approximate surface area is 133 Å². The van der Waals surface area contributed by atoms with Crippen LogP contribution in [-0.4, -0.2) is 28.8 Å². The number of carboxylic acid groups (broad SMARTS) is 1. The van der Waals surface area contributed by atoms with Gasteiger partial charge in [-0.2, -0.15) is 0 Å². The van der Waals surface area contributed by atoms with Crippen molar-refractivity contribution in [2.24, 2.45) is 0 Å². The number of aromatic nitrogens is 1. The van der Waals surface area contributed by atoms with E-state index in [1.807, 2.05) is 12.1 Å². The number of carbonyl (C=O) groups is 2. The van der Waals surface area contributed by atoms with Gasteiger partial charge in [0.2, 0.25) is 0 Å². The van der Waals surface area contributed by atoms with Crippen LogP contribution in [0.2, 0.25) is 0 Å². The van der Waals surface area contributed by atoms with E-state index in [1.165, 1.54) is 23.4 Å². The quantitative estimate of drug-likeness (QED) is 0.848. The first-order valence-electron chi connectivity index (χ1n) is 7.44. The van der Waals surface area contributed by atoms with E-state index in [9.17, 15) is 9.59 Å². The normalized spacial score (nSPS) is 16.1. The number of fused-ring (bicyclic) bond motifs is 1. The standard InChI is InChI=1S/C17H18N2O4/c1-23-16(20)12-5-4-11-6-7-15(14(11)9-12)18-10-13-3-2-8-19(13)17(21)22/h2-5,8-9,15,18H,6-7,10H2,1H3,(H,21,22). The molecular formula is C17H18N2O4. The minimum Gasteiger partial charge on any atom is -0.465 e. The molecule has 0 saturated heterocycles. The van der Waals surface area contributed by atoms with Gasteiger partial charge in [-0.1, -0.05) is 6.07 Å². The lowest BCUT2D eigenvalue weighted by atomic mass is 10.0. The first-order chi connectivity index (χ1) is 11.1. The van der Waals surface area contributed by atoms with Crippen molar-refractivity contribution >= 4 is 12.1 Å². The van der Waals surface area contributed by atoms with E-state index in [4.69, 9.17) is 9.84 Å². The molecule has 1 atom stereocenters. The molecule has 0 radical (unpaired) electrons. The minimum absolute atomic E-state index is 0.103. The van der Waals surface area contributed by atoms with Crippen LogP contribution in [0.5, 0.6) is 0 Å². The average molecular weight is 314 g/mol. The third-order valence-corrected chi connectivity index (χ3v) is 4.21. The number of esters is 1. The predicted octanol–water partition coefficient (Wildman–Crippen LogP) is 2.58. The van der Waals surface area contributed by atoms with E-state index in [0.29, 0.717) is 17.8 Å². The fourth-order valence-corrected chi connectivity index (χ4v) is 3.03. The summed E-state index contributed by atoms with van der Waals surface area (Å²) in [6.07, 6.45) is 2.39. The summed E-state index contributed by atoms with van der Waals surface area (Å²) >= 11 is 0. The second-order valence-corrected chi connectivity index (χ2v) is 5.53. The highest BCUT2D eigenvalue weighted by Gasteiger charge is 2.24. The maximum atomic E-state index is 11.7. The zero-order chi connectivity index (χ0) is 16.4. The lowest BCUT2D eigenvalue weighted by molar-refractivity contribution is 0.0600. The largest absolute Gasteiger partial charge is 0.465 e. The van der Waals surface area contributed by atoms with Gasteiger partial charge in [-0.25, -0.2) is 9.59 Å². The molecule has 1 aliphatic carbocycles. The van der Waals surface area contributed by atoms with Crippen LogP contribution in [0, 0.1) is 0 Å². The van der Waals surface area contributed by atoms with Crippen LogP contribution in [0.1, 0.15) is 39.6 Å². The first-order valence-corrected chi connectivity index (χ1v) is 7.44. The molecule has 0 spiro atoms. The number of benzene rings is 1. The van der Waals surface area contributed by atoms with Crippen LogP contribution >= 0.6 is 0 Å². The highest BCUT2D eigenvalue weighted by molar-refractivity contribution is 5.89. The van der Waals surface area contributed by atoms with Crippen LogP contribution in [0.15, 0.2) is 36.5 Å². The molecule has 23 heavy (non-hydrogen) atoms. The maximum absolute atomic E-state index is 11.7. The summed E-state index contributed by atoms with van der Waals surface area (Å²) in [4.78, 5) is 22.8. The average Bonchev–Trinajstić information content (AvgIpc) is 3.18. The van der Waals surface area contributed by atoms with Crippen LogP contribution < -0.4 is 5.32 Å². The molecule has 6 heteroatoms. The van der Waals surface area contributed by atoms with Gasteiger partial charge < -0.3 is 15.2 Å². The van der Waals surface area contributed by atoms with Crippen LogP contribution in [0.25, 0.3) is 0 Å². The topological polar surface area (TPSA) is 80.6 Å². The molecule has 2 N–H and O–H groups in total. The molecule has 2 aromatic rings. The van der Waals surface area contributed by atoms with Gasteiger partial charge in [-0.05, 0) is 48.2 Å². The fourth-order valence-electron chi connectivity index (χ4n) is 3.03. The first kappa shape index (κ1) is 15.3. The molecule has 1 aliphatic rings. The number of aryl methyl sites for hydroxylation is 1. The van der Waals surface area contributed by atoms with Gasteiger partial charge in [0, 0.05) is 24.5 Å². The third-order valence-electron chi connectivity index (χ3n) is 4.21. The zero-order valence-corrected chi connectivity index (χ0v) is 12.8. The molecule has 1 heterocycles. The Morgan fingerprint density at radius 2 is 2.22 bits per heavy atom. The molecular weight excluding hydrogens is 296 g/mol. The predicted molar refractivity (Wildman–Crippen MR) is 83.5 cm³/mol. The molecule has 1 unspecified atom stereocenters. The van der Waals surface area contributed by atoms with Crippen LogP contribution in [0.3, 0.4) is 0 Å². The van der Waals surface area contributed by atoms with Gasteiger partial charge in [0.25, 0.3) is 0 Å². The number of nitrogens with one attached hydrogen (secondary N) is 1. The Morgan fingerprint density at radius 3 is 2.96 bits per heavy atom. The Bertz CT molecular complexity index is 751. The summed E-state index contributed by atoms with van der Waals surface area (Å²) in [5.74, 6) is -0.349. The van der Waals surface area contributed by atoms with Crippen LogP contribution in [0.4, 0.5) is 4.79 Å². The van der Waals surface area contributed by atoms with E-state index in [-0.39, 0.29) is 12.0 Å². The Morgan fingerprint density at radius 1 is 1.39 bits per heavy atom. The van der Waals surface area contributed by atoms with Crippen molar-refractivity contribution < 1.29 is 19.4 Å². The summed E-state index contributed by atoms with van der Waals surface area (Å²) in [6, 6.07) is 9.20. The molecule has 0 aliphatic heterocycles. The maximum Gasteiger partial charge on any atom is 0.415 e. The second kappa shape index (κ2) is 6.26. The summed E-state index contributed by atoms with van der Waals surface area (Å²) in [5, 5.41) is 12.5. The van der Waals surface area contributed by atoms with E-state index in [1.54, 1.807) is 18.2 Å². The summed E-state index contributed by atoms with van der Waals surface area (Å²) < 4.78 is 5.97. The molecule has 6 nitrogen and oxygen atoms in total.